The van der Waals surface area contributed by atoms with Crippen LogP contribution in [0.4, 0.5) is 0 Å². The predicted octanol–water partition coefficient (Wildman–Crippen LogP) is 3.71. The highest BCUT2D eigenvalue weighted by molar-refractivity contribution is 6.67. The first-order valence-electron chi connectivity index (χ1n) is 4.39. The van der Waals surface area contributed by atoms with E-state index in [1.807, 2.05) is 39.8 Å². The molecule has 0 spiro atoms. The molecule has 1 nitrogen and oxygen atoms in total. The second-order valence-electron chi connectivity index (χ2n) is 2.52. The Kier molecular flexibility index (Phi) is 5.40. The van der Waals surface area contributed by atoms with Gasteiger partial charge in [0.1, 0.15) is 0 Å². The Hall–Kier alpha value is -0.820. The van der Waals surface area contributed by atoms with E-state index in [4.69, 9.17) is 11.6 Å². The van der Waals surface area contributed by atoms with Crippen LogP contribution in [-0.4, -0.2) is 5.24 Å². The molecule has 0 atom stereocenters. The summed E-state index contributed by atoms with van der Waals surface area (Å²) in [6.45, 7) is 7.85. The lowest BCUT2D eigenvalue weighted by Gasteiger charge is -2.02. The molecule has 0 aromatic heterocycles. The number of aryl methyl sites for hydroxylation is 1. The number of halogens is 1. The lowest BCUT2D eigenvalue weighted by atomic mass is 10.0. The average molecular weight is 199 g/mol. The molecule has 0 bridgehead atoms. The molecule has 0 saturated heterocycles. The third-order valence-corrected chi connectivity index (χ3v) is 2.02. The third kappa shape index (κ3) is 3.19. The van der Waals surface area contributed by atoms with E-state index in [0.717, 1.165) is 11.1 Å². The van der Waals surface area contributed by atoms with Gasteiger partial charge in [-0.05, 0) is 42.6 Å². The van der Waals surface area contributed by atoms with Gasteiger partial charge in [-0.2, -0.15) is 0 Å². The summed E-state index contributed by atoms with van der Waals surface area (Å²) in [5, 5.41) is -0.383. The Morgan fingerprint density at radius 1 is 1.23 bits per heavy atom. The summed E-state index contributed by atoms with van der Waals surface area (Å²) in [4.78, 5) is 10.8. The molecule has 0 radical (unpaired) electrons. The van der Waals surface area contributed by atoms with Crippen molar-refractivity contribution in [2.45, 2.75) is 27.7 Å². The topological polar surface area (TPSA) is 17.1 Å². The van der Waals surface area contributed by atoms with Crippen LogP contribution in [0.15, 0.2) is 18.2 Å². The molecule has 0 unspecified atom stereocenters. The third-order valence-electron chi connectivity index (χ3n) is 1.82. The van der Waals surface area contributed by atoms with Crippen LogP contribution in [0.1, 0.15) is 35.3 Å². The van der Waals surface area contributed by atoms with Crippen molar-refractivity contribution in [2.24, 2.45) is 0 Å². The highest BCUT2D eigenvalue weighted by atomic mass is 35.5. The molecule has 0 aliphatic carbocycles. The van der Waals surface area contributed by atoms with E-state index in [0.29, 0.717) is 5.56 Å². The van der Waals surface area contributed by atoms with Crippen LogP contribution in [0.25, 0.3) is 0 Å². The minimum absolute atomic E-state index is 0.383. The zero-order valence-corrected chi connectivity index (χ0v) is 9.27. The highest BCUT2D eigenvalue weighted by Gasteiger charge is 2.05. The minimum atomic E-state index is -0.383. The molecule has 1 aromatic rings. The van der Waals surface area contributed by atoms with Crippen molar-refractivity contribution in [1.82, 2.24) is 0 Å². The monoisotopic (exact) mass is 198 g/mol. The van der Waals surface area contributed by atoms with E-state index >= 15 is 0 Å². The second kappa shape index (κ2) is 5.76. The van der Waals surface area contributed by atoms with Crippen molar-refractivity contribution in [3.05, 3.63) is 34.9 Å². The van der Waals surface area contributed by atoms with Crippen LogP contribution in [-0.2, 0) is 0 Å². The molecule has 0 aliphatic rings. The SMILES string of the molecule is CC.Cc1cccc(C(=O)Cl)c1C. The van der Waals surface area contributed by atoms with Crippen molar-refractivity contribution < 1.29 is 4.79 Å². The summed E-state index contributed by atoms with van der Waals surface area (Å²) in [7, 11) is 0. The van der Waals surface area contributed by atoms with Gasteiger partial charge in [0.05, 0.1) is 0 Å². The van der Waals surface area contributed by atoms with Gasteiger partial charge < -0.3 is 0 Å². The number of benzene rings is 1. The molecule has 0 heterocycles. The maximum absolute atomic E-state index is 10.8. The fraction of sp³-hybridized carbons (Fsp3) is 0.364. The summed E-state index contributed by atoms with van der Waals surface area (Å²) in [6, 6.07) is 5.52. The minimum Gasteiger partial charge on any atom is -0.276 e. The summed E-state index contributed by atoms with van der Waals surface area (Å²) in [5.74, 6) is 0. The number of rotatable bonds is 1. The zero-order chi connectivity index (χ0) is 10.4. The maximum Gasteiger partial charge on any atom is 0.252 e. The van der Waals surface area contributed by atoms with Crippen LogP contribution < -0.4 is 0 Å². The summed E-state index contributed by atoms with van der Waals surface area (Å²) in [6.07, 6.45) is 0. The molecule has 0 amide bonds. The first-order valence-corrected chi connectivity index (χ1v) is 4.77. The van der Waals surface area contributed by atoms with Crippen LogP contribution in [0, 0.1) is 13.8 Å². The van der Waals surface area contributed by atoms with Gasteiger partial charge in [0.15, 0.2) is 0 Å². The first-order chi connectivity index (χ1) is 6.13. The second-order valence-corrected chi connectivity index (χ2v) is 2.86. The average Bonchev–Trinajstić information content (AvgIpc) is 2.13. The predicted molar refractivity (Wildman–Crippen MR) is 57.4 cm³/mol. The van der Waals surface area contributed by atoms with Gasteiger partial charge in [-0.15, -0.1) is 0 Å². The summed E-state index contributed by atoms with van der Waals surface area (Å²) < 4.78 is 0. The number of hydrogen-bond donors (Lipinski definition) is 0. The van der Waals surface area contributed by atoms with Crippen molar-refractivity contribution in [3.63, 3.8) is 0 Å². The molecule has 1 aromatic carbocycles. The molecule has 2 heteroatoms. The normalized spacial score (nSPS) is 8.69. The maximum atomic E-state index is 10.8. The molecule has 13 heavy (non-hydrogen) atoms. The molecule has 0 fully saturated rings. The van der Waals surface area contributed by atoms with E-state index in [9.17, 15) is 4.79 Å². The molecular formula is C11H15ClO. The Balaban J connectivity index is 0.000000671. The van der Waals surface area contributed by atoms with Gasteiger partial charge in [0.25, 0.3) is 5.24 Å². The fourth-order valence-corrected chi connectivity index (χ4v) is 1.17. The van der Waals surface area contributed by atoms with E-state index in [1.54, 1.807) is 6.07 Å². The highest BCUT2D eigenvalue weighted by Crippen LogP contribution is 2.14. The first kappa shape index (κ1) is 12.2. The molecular weight excluding hydrogens is 184 g/mol. The van der Waals surface area contributed by atoms with Crippen molar-refractivity contribution in [2.75, 3.05) is 0 Å². The molecule has 72 valence electrons. The van der Waals surface area contributed by atoms with Crippen LogP contribution in [0.3, 0.4) is 0 Å². The molecule has 0 N–H and O–H groups in total. The smallest absolute Gasteiger partial charge is 0.252 e. The van der Waals surface area contributed by atoms with Gasteiger partial charge >= 0.3 is 0 Å². The number of carbonyl (C=O) groups excluding carboxylic acids is 1. The molecule has 0 aliphatic heterocycles. The van der Waals surface area contributed by atoms with Crippen molar-refractivity contribution >= 4 is 16.8 Å². The van der Waals surface area contributed by atoms with Crippen molar-refractivity contribution in [1.29, 1.82) is 0 Å². The Morgan fingerprint density at radius 3 is 2.15 bits per heavy atom. The number of hydrogen-bond acceptors (Lipinski definition) is 1. The molecule has 0 saturated carbocycles. The fourth-order valence-electron chi connectivity index (χ4n) is 0.964. The Morgan fingerprint density at radius 2 is 1.77 bits per heavy atom. The Bertz CT molecular complexity index is 292. The largest absolute Gasteiger partial charge is 0.276 e. The van der Waals surface area contributed by atoms with Crippen LogP contribution in [0.5, 0.6) is 0 Å². The van der Waals surface area contributed by atoms with Gasteiger partial charge in [0.2, 0.25) is 0 Å². The van der Waals surface area contributed by atoms with Crippen LogP contribution in [0.2, 0.25) is 0 Å². The zero-order valence-electron chi connectivity index (χ0n) is 8.52. The van der Waals surface area contributed by atoms with E-state index in [2.05, 4.69) is 0 Å². The van der Waals surface area contributed by atoms with E-state index in [1.165, 1.54) is 0 Å². The quantitative estimate of drug-likeness (QED) is 0.629. The van der Waals surface area contributed by atoms with E-state index < -0.39 is 0 Å². The van der Waals surface area contributed by atoms with Crippen molar-refractivity contribution in [3.8, 4) is 0 Å². The molecule has 1 rings (SSSR count). The van der Waals surface area contributed by atoms with E-state index in [-0.39, 0.29) is 5.24 Å². The van der Waals surface area contributed by atoms with Gasteiger partial charge in [-0.1, -0.05) is 26.0 Å². The van der Waals surface area contributed by atoms with Gasteiger partial charge in [0, 0.05) is 5.56 Å². The lowest BCUT2D eigenvalue weighted by molar-refractivity contribution is 0.108. The summed E-state index contributed by atoms with van der Waals surface area (Å²) in [5.41, 5.74) is 2.66. The van der Waals surface area contributed by atoms with Gasteiger partial charge in [-0.3, -0.25) is 4.79 Å². The Labute approximate surface area is 84.7 Å². The van der Waals surface area contributed by atoms with Crippen LogP contribution >= 0.6 is 11.6 Å². The van der Waals surface area contributed by atoms with Gasteiger partial charge in [-0.25, -0.2) is 0 Å². The lowest BCUT2D eigenvalue weighted by Crippen LogP contribution is -1.94. The summed E-state index contributed by atoms with van der Waals surface area (Å²) >= 11 is 5.34. The number of carbonyl (C=O) groups is 1. The standard InChI is InChI=1S/C9H9ClO.C2H6/c1-6-4-3-5-8(7(6)2)9(10)11;1-2/h3-5H,1-2H3;1-2H3.